The molecule has 0 atom stereocenters. The van der Waals surface area contributed by atoms with Crippen molar-refractivity contribution in [3.8, 4) is 5.75 Å². The van der Waals surface area contributed by atoms with E-state index in [1.165, 1.54) is 0 Å². The Morgan fingerprint density at radius 3 is 2.62 bits per heavy atom. The first kappa shape index (κ1) is 18.0. The molecule has 0 aromatic heterocycles. The lowest BCUT2D eigenvalue weighted by Crippen LogP contribution is -2.34. The van der Waals surface area contributed by atoms with Crippen LogP contribution in [0.1, 0.15) is 24.0 Å². The summed E-state index contributed by atoms with van der Waals surface area (Å²) in [6.07, 6.45) is 6.46. The number of hydrogen-bond donors (Lipinski definition) is 4. The van der Waals surface area contributed by atoms with Crippen LogP contribution in [0.5, 0.6) is 5.75 Å². The number of hydrogen-bond acceptors (Lipinski definition) is 4. The van der Waals surface area contributed by atoms with Gasteiger partial charge in [-0.2, -0.15) is 0 Å². The van der Waals surface area contributed by atoms with Crippen molar-refractivity contribution < 1.29 is 4.74 Å². The second-order valence-corrected chi connectivity index (χ2v) is 6.38. The standard InChI is InChI=1S/C21H26N4O/c22-21(23)20-6-2-1-4-16(20)5-3-13-25-17-7-9-18(10-8-17)26-19-11-14-24-15-12-19/h1-10,19,24-25H,11-15H2,(H3,22,23)/b5-3+. The van der Waals surface area contributed by atoms with Gasteiger partial charge in [0.15, 0.2) is 0 Å². The Balaban J connectivity index is 1.50. The van der Waals surface area contributed by atoms with Crippen molar-refractivity contribution in [2.24, 2.45) is 5.73 Å². The average molecular weight is 350 g/mol. The van der Waals surface area contributed by atoms with Crippen molar-refractivity contribution in [1.29, 1.82) is 5.41 Å². The highest BCUT2D eigenvalue weighted by Gasteiger charge is 2.14. The Morgan fingerprint density at radius 1 is 1.15 bits per heavy atom. The minimum absolute atomic E-state index is 0.0857. The van der Waals surface area contributed by atoms with Crippen LogP contribution in [0.15, 0.2) is 54.6 Å². The number of piperidine rings is 1. The lowest BCUT2D eigenvalue weighted by Gasteiger charge is -2.23. The molecule has 0 radical (unpaired) electrons. The zero-order valence-electron chi connectivity index (χ0n) is 14.9. The van der Waals surface area contributed by atoms with E-state index in [1.807, 2.05) is 60.7 Å². The summed E-state index contributed by atoms with van der Waals surface area (Å²) in [7, 11) is 0. The fraction of sp³-hybridized carbons (Fsp3) is 0.286. The summed E-state index contributed by atoms with van der Waals surface area (Å²) >= 11 is 0. The van der Waals surface area contributed by atoms with E-state index in [0.29, 0.717) is 12.6 Å². The summed E-state index contributed by atoms with van der Waals surface area (Å²) in [6, 6.07) is 15.7. The summed E-state index contributed by atoms with van der Waals surface area (Å²) in [4.78, 5) is 0. The van der Waals surface area contributed by atoms with Gasteiger partial charge >= 0.3 is 0 Å². The van der Waals surface area contributed by atoms with Gasteiger partial charge < -0.3 is 21.1 Å². The van der Waals surface area contributed by atoms with Crippen LogP contribution in [0, 0.1) is 5.41 Å². The predicted octanol–water partition coefficient (Wildman–Crippen LogP) is 3.23. The van der Waals surface area contributed by atoms with E-state index in [-0.39, 0.29) is 5.84 Å². The molecule has 3 rings (SSSR count). The van der Waals surface area contributed by atoms with Crippen molar-refractivity contribution in [3.63, 3.8) is 0 Å². The molecular formula is C21H26N4O. The van der Waals surface area contributed by atoms with Crippen LogP contribution in [0.4, 0.5) is 5.69 Å². The summed E-state index contributed by atoms with van der Waals surface area (Å²) in [5.74, 6) is 1.01. The Bertz CT molecular complexity index is 749. The van der Waals surface area contributed by atoms with Crippen LogP contribution in [-0.4, -0.2) is 31.6 Å². The van der Waals surface area contributed by atoms with E-state index in [9.17, 15) is 0 Å². The molecule has 0 amide bonds. The van der Waals surface area contributed by atoms with E-state index < -0.39 is 0 Å². The second-order valence-electron chi connectivity index (χ2n) is 6.38. The zero-order chi connectivity index (χ0) is 18.2. The number of anilines is 1. The summed E-state index contributed by atoms with van der Waals surface area (Å²) < 4.78 is 6.02. The van der Waals surface area contributed by atoms with Gasteiger partial charge in [-0.15, -0.1) is 0 Å². The lowest BCUT2D eigenvalue weighted by atomic mass is 10.1. The average Bonchev–Trinajstić information content (AvgIpc) is 2.67. The molecule has 136 valence electrons. The smallest absolute Gasteiger partial charge is 0.123 e. The highest BCUT2D eigenvalue weighted by molar-refractivity contribution is 5.98. The summed E-state index contributed by atoms with van der Waals surface area (Å²) in [6.45, 7) is 2.76. The molecule has 5 N–H and O–H groups in total. The lowest BCUT2D eigenvalue weighted by molar-refractivity contribution is 0.162. The van der Waals surface area contributed by atoms with Crippen LogP contribution < -0.4 is 21.1 Å². The molecule has 2 aromatic rings. The van der Waals surface area contributed by atoms with Crippen molar-refractivity contribution in [1.82, 2.24) is 5.32 Å². The molecule has 1 heterocycles. The predicted molar refractivity (Wildman–Crippen MR) is 108 cm³/mol. The van der Waals surface area contributed by atoms with Gasteiger partial charge in [-0.3, -0.25) is 5.41 Å². The van der Waals surface area contributed by atoms with E-state index >= 15 is 0 Å². The van der Waals surface area contributed by atoms with Gasteiger partial charge in [-0.25, -0.2) is 0 Å². The fourth-order valence-corrected chi connectivity index (χ4v) is 3.01. The van der Waals surface area contributed by atoms with Crippen LogP contribution in [-0.2, 0) is 0 Å². The first-order valence-corrected chi connectivity index (χ1v) is 9.03. The SMILES string of the molecule is N=C(N)c1ccccc1/C=C/CNc1ccc(OC2CCNCC2)cc1. The third-order valence-electron chi connectivity index (χ3n) is 4.42. The molecule has 0 unspecified atom stereocenters. The van der Waals surface area contributed by atoms with Gasteiger partial charge in [0.2, 0.25) is 0 Å². The number of nitrogens with two attached hydrogens (primary N) is 1. The maximum absolute atomic E-state index is 7.62. The quantitative estimate of drug-likeness (QED) is 0.456. The number of rotatable bonds is 7. The van der Waals surface area contributed by atoms with E-state index in [4.69, 9.17) is 15.9 Å². The number of benzene rings is 2. The summed E-state index contributed by atoms with van der Waals surface area (Å²) in [5.41, 5.74) is 8.36. The molecule has 1 aliphatic heterocycles. The normalized spacial score (nSPS) is 15.1. The molecule has 0 aliphatic carbocycles. The monoisotopic (exact) mass is 350 g/mol. The molecule has 5 nitrogen and oxygen atoms in total. The number of nitrogens with one attached hydrogen (secondary N) is 3. The highest BCUT2D eigenvalue weighted by Crippen LogP contribution is 2.19. The van der Waals surface area contributed by atoms with Gasteiger partial charge in [0.1, 0.15) is 17.7 Å². The first-order valence-electron chi connectivity index (χ1n) is 9.03. The molecule has 5 heteroatoms. The van der Waals surface area contributed by atoms with E-state index in [1.54, 1.807) is 0 Å². The van der Waals surface area contributed by atoms with Gasteiger partial charge in [0.25, 0.3) is 0 Å². The zero-order valence-corrected chi connectivity index (χ0v) is 14.9. The highest BCUT2D eigenvalue weighted by atomic mass is 16.5. The molecule has 1 aliphatic rings. The molecule has 2 aromatic carbocycles. The van der Waals surface area contributed by atoms with Crippen LogP contribution in [0.3, 0.4) is 0 Å². The molecular weight excluding hydrogens is 324 g/mol. The fourth-order valence-electron chi connectivity index (χ4n) is 3.01. The Hall–Kier alpha value is -2.79. The minimum Gasteiger partial charge on any atom is -0.490 e. The molecule has 1 fully saturated rings. The molecule has 0 bridgehead atoms. The Labute approximate surface area is 154 Å². The van der Waals surface area contributed by atoms with Gasteiger partial charge in [0.05, 0.1) is 0 Å². The molecule has 0 spiro atoms. The number of ether oxygens (including phenoxy) is 1. The van der Waals surface area contributed by atoms with Gasteiger partial charge in [-0.1, -0.05) is 36.4 Å². The second kappa shape index (κ2) is 9.06. The summed E-state index contributed by atoms with van der Waals surface area (Å²) in [5, 5.41) is 14.3. The Morgan fingerprint density at radius 2 is 1.88 bits per heavy atom. The molecule has 26 heavy (non-hydrogen) atoms. The number of amidine groups is 1. The van der Waals surface area contributed by atoms with Crippen LogP contribution in [0.2, 0.25) is 0 Å². The van der Waals surface area contributed by atoms with Crippen LogP contribution >= 0.6 is 0 Å². The minimum atomic E-state index is 0.0857. The topological polar surface area (TPSA) is 83.2 Å². The third kappa shape index (κ3) is 5.10. The van der Waals surface area contributed by atoms with E-state index in [2.05, 4.69) is 10.6 Å². The van der Waals surface area contributed by atoms with Gasteiger partial charge in [0, 0.05) is 17.8 Å². The Kier molecular flexibility index (Phi) is 6.28. The van der Waals surface area contributed by atoms with Crippen molar-refractivity contribution >= 4 is 17.6 Å². The largest absolute Gasteiger partial charge is 0.490 e. The maximum atomic E-state index is 7.62. The third-order valence-corrected chi connectivity index (χ3v) is 4.42. The van der Waals surface area contributed by atoms with Gasteiger partial charge in [-0.05, 0) is 55.8 Å². The first-order chi connectivity index (χ1) is 12.7. The van der Waals surface area contributed by atoms with Crippen LogP contribution in [0.25, 0.3) is 6.08 Å². The molecule has 0 saturated carbocycles. The van der Waals surface area contributed by atoms with E-state index in [0.717, 1.165) is 48.5 Å². The van der Waals surface area contributed by atoms with Crippen molar-refractivity contribution in [2.45, 2.75) is 18.9 Å². The number of nitrogen functional groups attached to an aromatic ring is 1. The van der Waals surface area contributed by atoms with Crippen molar-refractivity contribution in [2.75, 3.05) is 25.0 Å². The maximum Gasteiger partial charge on any atom is 0.123 e. The van der Waals surface area contributed by atoms with Crippen molar-refractivity contribution in [3.05, 3.63) is 65.7 Å². The molecule has 1 saturated heterocycles.